The van der Waals surface area contributed by atoms with Crippen LogP contribution >= 0.6 is 11.3 Å². The SMILES string of the molecule is CC.c1ccc2cc(-c3nc(-c4ccc5c(c4)oc4ccccc45)nc(-n4c5cc6ccccc6cc5c5cccc(-c6cccc7c6sc6ccc8ccccc8c67)c54)n3)ccc2c1. The first kappa shape index (κ1) is 37.4. The predicted molar refractivity (Wildman–Crippen MR) is 275 cm³/mol. The second kappa shape index (κ2) is 14.7. The first-order chi connectivity index (χ1) is 32.2. The average molecular weight is 851 g/mol. The van der Waals surface area contributed by atoms with Crippen LogP contribution in [-0.4, -0.2) is 19.5 Å². The largest absolute Gasteiger partial charge is 0.456 e. The molecule has 14 rings (SSSR count). The van der Waals surface area contributed by atoms with Gasteiger partial charge in [0.15, 0.2) is 11.6 Å². The highest BCUT2D eigenvalue weighted by Crippen LogP contribution is 2.46. The first-order valence-corrected chi connectivity index (χ1v) is 23.0. The number of furan rings is 1. The van der Waals surface area contributed by atoms with E-state index in [4.69, 9.17) is 19.4 Å². The molecule has 65 heavy (non-hydrogen) atoms. The van der Waals surface area contributed by atoms with Gasteiger partial charge in [0.05, 0.1) is 11.0 Å². The highest BCUT2D eigenvalue weighted by atomic mass is 32.1. The lowest BCUT2D eigenvalue weighted by molar-refractivity contribution is 0.669. The van der Waals surface area contributed by atoms with E-state index in [0.717, 1.165) is 76.6 Å². The van der Waals surface area contributed by atoms with E-state index in [1.807, 2.05) is 43.4 Å². The summed E-state index contributed by atoms with van der Waals surface area (Å²) in [6.07, 6.45) is 0. The van der Waals surface area contributed by atoms with Crippen molar-refractivity contribution in [3.63, 3.8) is 0 Å². The molecular weight excluding hydrogens is 813 g/mol. The van der Waals surface area contributed by atoms with Crippen LogP contribution in [0.3, 0.4) is 0 Å². The third-order valence-electron chi connectivity index (χ3n) is 12.8. The van der Waals surface area contributed by atoms with Crippen LogP contribution in [0.1, 0.15) is 13.8 Å². The predicted octanol–water partition coefficient (Wildman–Crippen LogP) is 16.7. The van der Waals surface area contributed by atoms with E-state index in [9.17, 15) is 0 Å². The fraction of sp³-hybridized carbons (Fsp3) is 0.0339. The van der Waals surface area contributed by atoms with Gasteiger partial charge in [-0.3, -0.25) is 4.57 Å². The molecule has 0 radical (unpaired) electrons. The highest BCUT2D eigenvalue weighted by Gasteiger charge is 2.23. The number of thiophene rings is 1. The normalized spacial score (nSPS) is 11.8. The summed E-state index contributed by atoms with van der Waals surface area (Å²) < 4.78 is 11.2. The first-order valence-electron chi connectivity index (χ1n) is 22.2. The summed E-state index contributed by atoms with van der Waals surface area (Å²) in [5, 5.41) is 14.1. The van der Waals surface area contributed by atoms with E-state index in [1.54, 1.807) is 0 Å². The van der Waals surface area contributed by atoms with Crippen LogP contribution in [0.2, 0.25) is 0 Å². The van der Waals surface area contributed by atoms with Crippen molar-refractivity contribution >= 4 is 108 Å². The lowest BCUT2D eigenvalue weighted by Crippen LogP contribution is -2.07. The van der Waals surface area contributed by atoms with Gasteiger partial charge in [-0.25, -0.2) is 4.98 Å². The fourth-order valence-electron chi connectivity index (χ4n) is 9.87. The zero-order valence-corrected chi connectivity index (χ0v) is 36.4. The average Bonchev–Trinajstić information content (AvgIpc) is 4.05. The van der Waals surface area contributed by atoms with Gasteiger partial charge in [0.1, 0.15) is 11.2 Å². The fourth-order valence-corrected chi connectivity index (χ4v) is 11.1. The molecule has 0 amide bonds. The lowest BCUT2D eigenvalue weighted by atomic mass is 9.98. The molecule has 0 saturated carbocycles. The summed E-state index contributed by atoms with van der Waals surface area (Å²) >= 11 is 1.86. The number of aromatic nitrogens is 4. The minimum atomic E-state index is 0.546. The molecule has 0 spiro atoms. The number of hydrogen-bond acceptors (Lipinski definition) is 5. The minimum absolute atomic E-state index is 0.546. The van der Waals surface area contributed by atoms with Crippen LogP contribution in [0.4, 0.5) is 0 Å². The Bertz CT molecular complexity index is 4230. The zero-order valence-electron chi connectivity index (χ0n) is 35.6. The van der Waals surface area contributed by atoms with Gasteiger partial charge in [-0.2, -0.15) is 9.97 Å². The Hall–Kier alpha value is -8.19. The number of nitrogens with zero attached hydrogens (tertiary/aromatic N) is 4. The molecule has 6 heteroatoms. The van der Waals surface area contributed by atoms with Crippen molar-refractivity contribution in [3.05, 3.63) is 194 Å². The molecule has 0 aliphatic rings. The Morgan fingerprint density at radius 1 is 0.415 bits per heavy atom. The van der Waals surface area contributed by atoms with Crippen molar-refractivity contribution in [3.8, 4) is 39.9 Å². The van der Waals surface area contributed by atoms with E-state index in [-0.39, 0.29) is 0 Å². The van der Waals surface area contributed by atoms with Crippen molar-refractivity contribution in [2.24, 2.45) is 0 Å². The van der Waals surface area contributed by atoms with Crippen LogP contribution in [0.15, 0.2) is 199 Å². The van der Waals surface area contributed by atoms with Gasteiger partial charge in [0, 0.05) is 64.0 Å². The summed E-state index contributed by atoms with van der Waals surface area (Å²) in [6, 6.07) is 69.2. The molecule has 0 atom stereocenters. The molecule has 14 aromatic rings. The maximum absolute atomic E-state index is 6.41. The van der Waals surface area contributed by atoms with Gasteiger partial charge in [0.2, 0.25) is 5.95 Å². The molecule has 306 valence electrons. The quantitative estimate of drug-likeness (QED) is 0.177. The van der Waals surface area contributed by atoms with Gasteiger partial charge in [-0.1, -0.05) is 166 Å². The smallest absolute Gasteiger partial charge is 0.238 e. The van der Waals surface area contributed by atoms with E-state index in [2.05, 4.69) is 180 Å². The lowest BCUT2D eigenvalue weighted by Gasteiger charge is -2.14. The molecule has 5 nitrogen and oxygen atoms in total. The van der Waals surface area contributed by atoms with Crippen molar-refractivity contribution in [2.75, 3.05) is 0 Å². The second-order valence-corrected chi connectivity index (χ2v) is 17.4. The monoisotopic (exact) mass is 850 g/mol. The van der Waals surface area contributed by atoms with Crippen LogP contribution in [-0.2, 0) is 0 Å². The van der Waals surface area contributed by atoms with Gasteiger partial charge in [-0.05, 0) is 74.8 Å². The van der Waals surface area contributed by atoms with Crippen LogP contribution < -0.4 is 0 Å². The maximum Gasteiger partial charge on any atom is 0.238 e. The third kappa shape index (κ3) is 5.81. The summed E-state index contributed by atoms with van der Waals surface area (Å²) in [5.41, 5.74) is 7.77. The number of fused-ring (bicyclic) bond motifs is 13. The topological polar surface area (TPSA) is 56.7 Å². The molecule has 4 aromatic heterocycles. The van der Waals surface area contributed by atoms with Crippen molar-refractivity contribution in [2.45, 2.75) is 13.8 Å². The molecular formula is C59H38N4OS. The summed E-state index contributed by atoms with van der Waals surface area (Å²) in [4.78, 5) is 16.1. The molecule has 0 bridgehead atoms. The maximum atomic E-state index is 6.41. The van der Waals surface area contributed by atoms with Crippen molar-refractivity contribution in [1.82, 2.24) is 19.5 Å². The van der Waals surface area contributed by atoms with Gasteiger partial charge < -0.3 is 4.42 Å². The van der Waals surface area contributed by atoms with E-state index >= 15 is 0 Å². The molecule has 0 fully saturated rings. The highest BCUT2D eigenvalue weighted by molar-refractivity contribution is 7.26. The number of hydrogen-bond donors (Lipinski definition) is 0. The van der Waals surface area contributed by atoms with Gasteiger partial charge >= 0.3 is 0 Å². The second-order valence-electron chi connectivity index (χ2n) is 16.4. The van der Waals surface area contributed by atoms with Crippen molar-refractivity contribution in [1.29, 1.82) is 0 Å². The van der Waals surface area contributed by atoms with Crippen LogP contribution in [0, 0.1) is 0 Å². The Balaban J connectivity index is 0.00000209. The van der Waals surface area contributed by atoms with E-state index < -0.39 is 0 Å². The van der Waals surface area contributed by atoms with Gasteiger partial charge in [0.25, 0.3) is 0 Å². The molecule has 4 heterocycles. The Kier molecular flexibility index (Phi) is 8.45. The molecule has 0 unspecified atom stereocenters. The third-order valence-corrected chi connectivity index (χ3v) is 14.0. The van der Waals surface area contributed by atoms with E-state index in [1.165, 1.54) is 41.9 Å². The molecule has 0 aliphatic carbocycles. The van der Waals surface area contributed by atoms with Crippen LogP contribution in [0.5, 0.6) is 0 Å². The van der Waals surface area contributed by atoms with E-state index in [0.29, 0.717) is 17.6 Å². The number of benzene rings is 10. The molecule has 0 saturated heterocycles. The zero-order chi connectivity index (χ0) is 43.2. The summed E-state index contributed by atoms with van der Waals surface area (Å²) in [5.74, 6) is 1.71. The number of rotatable bonds is 4. The molecule has 0 aliphatic heterocycles. The summed E-state index contributed by atoms with van der Waals surface area (Å²) in [7, 11) is 0. The number of para-hydroxylation sites is 2. The standard InChI is InChI=1S/C57H32N4OS.C2H6/c1-2-13-35-29-38(24-23-33(35)11-1)55-58-56(39-25-27-42-41-17-7-8-22-49(41)62-50(42)32-39)60-57(59-55)61-48-31-37-15-4-3-14-36(37)30-47(48)44-19-9-18-43(53(44)61)45-20-10-21-46-52-40-16-6-5-12-34(40)26-28-51(52)63-54(45)46;1-2/h1-32H;1-2H3. The Labute approximate surface area is 377 Å². The molecule has 10 aromatic carbocycles. The minimum Gasteiger partial charge on any atom is -0.456 e. The Morgan fingerprint density at radius 3 is 1.83 bits per heavy atom. The van der Waals surface area contributed by atoms with Crippen molar-refractivity contribution < 1.29 is 4.42 Å². The van der Waals surface area contributed by atoms with Gasteiger partial charge in [-0.15, -0.1) is 11.3 Å². The molecule has 0 N–H and O–H groups in total. The summed E-state index contributed by atoms with van der Waals surface area (Å²) in [6.45, 7) is 4.00. The van der Waals surface area contributed by atoms with Crippen LogP contribution in [0.25, 0.3) is 136 Å². The Morgan fingerprint density at radius 2 is 1.02 bits per heavy atom.